The van der Waals surface area contributed by atoms with E-state index in [0.29, 0.717) is 12.4 Å². The van der Waals surface area contributed by atoms with E-state index in [4.69, 9.17) is 18.8 Å². The molecule has 8 heteroatoms. The summed E-state index contributed by atoms with van der Waals surface area (Å²) in [6, 6.07) is 21.4. The van der Waals surface area contributed by atoms with Crippen LogP contribution in [-0.4, -0.2) is 35.9 Å². The van der Waals surface area contributed by atoms with Crippen molar-refractivity contribution < 1.29 is 23.6 Å². The molecule has 0 radical (unpaired) electrons. The fourth-order valence-electron chi connectivity index (χ4n) is 3.69. The number of carbonyl (C=O) groups excluding carboxylic acids is 1. The highest BCUT2D eigenvalue weighted by atomic mass is 16.7. The minimum atomic E-state index is -0.645. The van der Waals surface area contributed by atoms with Gasteiger partial charge in [0.15, 0.2) is 0 Å². The van der Waals surface area contributed by atoms with Crippen molar-refractivity contribution in [2.45, 2.75) is 52.1 Å². The second-order valence-electron chi connectivity index (χ2n) is 9.95. The Kier molecular flexibility index (Phi) is 8.31. The zero-order valence-corrected chi connectivity index (χ0v) is 21.8. The van der Waals surface area contributed by atoms with Crippen LogP contribution in [0.15, 0.2) is 84.6 Å². The molecule has 7 nitrogen and oxygen atoms in total. The first-order chi connectivity index (χ1) is 17.7. The summed E-state index contributed by atoms with van der Waals surface area (Å²) in [5.41, 5.74) is 2.47. The molecule has 1 aliphatic rings. The van der Waals surface area contributed by atoms with Crippen molar-refractivity contribution >= 4 is 19.3 Å². The summed E-state index contributed by atoms with van der Waals surface area (Å²) < 4.78 is 23.8. The summed E-state index contributed by atoms with van der Waals surface area (Å²) in [5.74, 6) is 0.640. The van der Waals surface area contributed by atoms with Crippen LogP contribution in [-0.2, 0) is 27.3 Å². The smallest absolute Gasteiger partial charge is 0.487 e. The first-order valence-electron chi connectivity index (χ1n) is 12.3. The summed E-state index contributed by atoms with van der Waals surface area (Å²) in [4.78, 5) is 16.8. The summed E-state index contributed by atoms with van der Waals surface area (Å²) in [6.07, 6.45) is 4.79. The number of rotatable bonds is 9. The zero-order valence-electron chi connectivity index (χ0n) is 21.8. The van der Waals surface area contributed by atoms with Gasteiger partial charge < -0.3 is 24.1 Å². The molecule has 2 aromatic carbocycles. The van der Waals surface area contributed by atoms with E-state index in [9.17, 15) is 4.79 Å². The van der Waals surface area contributed by atoms with Gasteiger partial charge in [0.05, 0.1) is 17.4 Å². The predicted octanol–water partition coefficient (Wildman–Crippen LogP) is 5.60. The number of alkyl carbamates (subject to hydrolysis) is 1. The second kappa shape index (κ2) is 11.6. The minimum Gasteiger partial charge on any atom is -0.487 e. The monoisotopic (exact) mass is 500 g/mol. The maximum Gasteiger partial charge on any atom is 0.492 e. The van der Waals surface area contributed by atoms with Crippen molar-refractivity contribution in [1.82, 2.24) is 10.3 Å². The molecule has 0 saturated carbocycles. The highest BCUT2D eigenvalue weighted by Crippen LogP contribution is 2.38. The highest BCUT2D eigenvalue weighted by molar-refractivity contribution is 6.56. The van der Waals surface area contributed by atoms with Crippen molar-refractivity contribution in [2.24, 2.45) is 0 Å². The number of ether oxygens (including phenoxy) is 2. The molecule has 2 heterocycles. The van der Waals surface area contributed by atoms with E-state index in [0.717, 1.165) is 22.2 Å². The third kappa shape index (κ3) is 7.21. The van der Waals surface area contributed by atoms with E-state index in [1.165, 1.54) is 0 Å². The molecule has 1 fully saturated rings. The van der Waals surface area contributed by atoms with Gasteiger partial charge in [0.1, 0.15) is 19.0 Å². The van der Waals surface area contributed by atoms with Crippen LogP contribution in [0.2, 0.25) is 0 Å². The maximum atomic E-state index is 12.4. The van der Waals surface area contributed by atoms with Gasteiger partial charge in [-0.15, -0.1) is 0 Å². The average Bonchev–Trinajstić information content (AvgIpc) is 3.12. The molecule has 1 aliphatic heterocycles. The van der Waals surface area contributed by atoms with Crippen molar-refractivity contribution in [1.29, 1.82) is 0 Å². The Morgan fingerprint density at radius 2 is 1.51 bits per heavy atom. The lowest BCUT2D eigenvalue weighted by Gasteiger charge is -2.32. The molecular weight excluding hydrogens is 467 g/mol. The lowest BCUT2D eigenvalue weighted by atomic mass is 9.77. The molecular formula is C29H33BN2O5. The normalized spacial score (nSPS) is 16.3. The van der Waals surface area contributed by atoms with Crippen LogP contribution >= 0.6 is 0 Å². The van der Waals surface area contributed by atoms with Gasteiger partial charge in [-0.25, -0.2) is 4.79 Å². The highest BCUT2D eigenvalue weighted by Gasteiger charge is 2.52. The van der Waals surface area contributed by atoms with Crippen LogP contribution in [0, 0.1) is 0 Å². The van der Waals surface area contributed by atoms with Gasteiger partial charge in [-0.1, -0.05) is 66.7 Å². The summed E-state index contributed by atoms with van der Waals surface area (Å²) in [5, 5.41) is 2.83. The standard InChI is InChI=1S/C29H33BN2O5/c1-28(2)29(3,4)37-30(36-28)25(18-32-27(33)35-21-23-13-9-6-10-14-23)15-24-16-26(19-31-17-24)34-20-22-11-7-5-8-12-22/h5-17,19H,18,20-21H2,1-4H3,(H,32,33). The number of amides is 1. The Labute approximate surface area is 219 Å². The Hall–Kier alpha value is -3.62. The number of nitrogens with zero attached hydrogens (tertiary/aromatic N) is 1. The lowest BCUT2D eigenvalue weighted by molar-refractivity contribution is 0.00578. The van der Waals surface area contributed by atoms with Crippen molar-refractivity contribution in [3.63, 3.8) is 0 Å². The van der Waals surface area contributed by atoms with Crippen LogP contribution in [0.3, 0.4) is 0 Å². The molecule has 0 unspecified atom stereocenters. The number of pyridine rings is 1. The zero-order chi connectivity index (χ0) is 26.3. The Morgan fingerprint density at radius 1 is 0.919 bits per heavy atom. The number of nitrogens with one attached hydrogen (secondary N) is 1. The second-order valence-corrected chi connectivity index (χ2v) is 9.95. The van der Waals surface area contributed by atoms with Gasteiger partial charge in [0, 0.05) is 12.7 Å². The molecule has 192 valence electrons. The Bertz CT molecular complexity index is 1200. The summed E-state index contributed by atoms with van der Waals surface area (Å²) in [6.45, 7) is 8.77. The number of carbonyl (C=O) groups is 1. The van der Waals surface area contributed by atoms with Crippen LogP contribution in [0.5, 0.6) is 5.75 Å². The van der Waals surface area contributed by atoms with Crippen molar-refractivity contribution in [2.75, 3.05) is 6.54 Å². The van der Waals surface area contributed by atoms with Gasteiger partial charge >= 0.3 is 13.2 Å². The van der Waals surface area contributed by atoms with Crippen LogP contribution in [0.1, 0.15) is 44.4 Å². The number of benzene rings is 2. The molecule has 0 atom stereocenters. The molecule has 4 rings (SSSR count). The number of hydrogen-bond donors (Lipinski definition) is 1. The molecule has 3 aromatic rings. The molecule has 1 saturated heterocycles. The van der Waals surface area contributed by atoms with Gasteiger partial charge in [0.25, 0.3) is 0 Å². The molecule has 1 aromatic heterocycles. The van der Waals surface area contributed by atoms with Gasteiger partial charge in [-0.05, 0) is 55.9 Å². The van der Waals surface area contributed by atoms with Crippen molar-refractivity contribution in [3.8, 4) is 5.75 Å². The topological polar surface area (TPSA) is 78.9 Å². The van der Waals surface area contributed by atoms with E-state index >= 15 is 0 Å². The van der Waals surface area contributed by atoms with Crippen LogP contribution in [0.4, 0.5) is 4.79 Å². The number of hydrogen-bond acceptors (Lipinski definition) is 6. The summed E-state index contributed by atoms with van der Waals surface area (Å²) in [7, 11) is -0.645. The maximum absolute atomic E-state index is 12.4. The quantitative estimate of drug-likeness (QED) is 0.386. The molecule has 37 heavy (non-hydrogen) atoms. The minimum absolute atomic E-state index is 0.180. The van der Waals surface area contributed by atoms with E-state index in [-0.39, 0.29) is 13.2 Å². The van der Waals surface area contributed by atoms with Crippen molar-refractivity contribution in [3.05, 3.63) is 101 Å². The van der Waals surface area contributed by atoms with Gasteiger partial charge in [0.2, 0.25) is 0 Å². The van der Waals surface area contributed by atoms with Crippen LogP contribution < -0.4 is 10.1 Å². The summed E-state index contributed by atoms with van der Waals surface area (Å²) >= 11 is 0. The SMILES string of the molecule is CC1(C)OB(C(=Cc2cncc(OCc3ccccc3)c2)CNC(=O)OCc2ccccc2)OC1(C)C. The third-order valence-electron chi connectivity index (χ3n) is 6.54. The molecule has 1 amide bonds. The van der Waals surface area contributed by atoms with E-state index in [2.05, 4.69) is 10.3 Å². The van der Waals surface area contributed by atoms with E-state index in [1.807, 2.05) is 101 Å². The van der Waals surface area contributed by atoms with E-state index < -0.39 is 24.4 Å². The molecule has 1 N–H and O–H groups in total. The first kappa shape index (κ1) is 26.4. The first-order valence-corrected chi connectivity index (χ1v) is 12.3. The fourth-order valence-corrected chi connectivity index (χ4v) is 3.69. The van der Waals surface area contributed by atoms with E-state index in [1.54, 1.807) is 12.4 Å². The van der Waals surface area contributed by atoms with Gasteiger partial charge in [-0.3, -0.25) is 4.98 Å². The fraction of sp³-hybridized carbons (Fsp3) is 0.310. The van der Waals surface area contributed by atoms with Crippen LogP contribution in [0.25, 0.3) is 6.08 Å². The number of aromatic nitrogens is 1. The van der Waals surface area contributed by atoms with Gasteiger partial charge in [-0.2, -0.15) is 0 Å². The average molecular weight is 500 g/mol. The third-order valence-corrected chi connectivity index (χ3v) is 6.54. The largest absolute Gasteiger partial charge is 0.492 e. The predicted molar refractivity (Wildman–Crippen MR) is 144 cm³/mol. The Morgan fingerprint density at radius 3 is 2.14 bits per heavy atom. The molecule has 0 aliphatic carbocycles. The Balaban J connectivity index is 1.47. The molecule has 0 spiro atoms. The lowest BCUT2D eigenvalue weighted by Crippen LogP contribution is -2.41. The molecule has 0 bridgehead atoms.